The van der Waals surface area contributed by atoms with E-state index in [1.165, 1.54) is 32.1 Å². The van der Waals surface area contributed by atoms with E-state index >= 15 is 0 Å². The Morgan fingerprint density at radius 2 is 1.95 bits per heavy atom. The molecule has 0 radical (unpaired) electrons. The van der Waals surface area contributed by atoms with Crippen LogP contribution in [0.3, 0.4) is 0 Å². The highest BCUT2D eigenvalue weighted by molar-refractivity contribution is 8.14. The molecule has 2 unspecified atom stereocenters. The molecule has 0 bridgehead atoms. The molecule has 4 heteroatoms. The van der Waals surface area contributed by atoms with E-state index in [1.807, 2.05) is 0 Å². The van der Waals surface area contributed by atoms with Gasteiger partial charge in [-0.2, -0.15) is 0 Å². The highest BCUT2D eigenvalue weighted by Gasteiger charge is 2.17. The summed E-state index contributed by atoms with van der Waals surface area (Å²) in [6.45, 7) is 8.58. The van der Waals surface area contributed by atoms with Crippen LogP contribution >= 0.6 is 11.8 Å². The first-order chi connectivity index (χ1) is 9.58. The molecule has 20 heavy (non-hydrogen) atoms. The summed E-state index contributed by atoms with van der Waals surface area (Å²) < 4.78 is 0. The van der Waals surface area contributed by atoms with E-state index in [9.17, 15) is 4.79 Å². The van der Waals surface area contributed by atoms with Crippen LogP contribution in [0.25, 0.3) is 0 Å². The summed E-state index contributed by atoms with van der Waals surface area (Å²) >= 11 is 1.56. The number of carbonyl (C=O) groups is 1. The molecular weight excluding hydrogens is 268 g/mol. The number of carbonyl (C=O) groups excluding carboxylic acids is 1. The van der Waals surface area contributed by atoms with Gasteiger partial charge < -0.3 is 10.1 Å². The van der Waals surface area contributed by atoms with Crippen molar-refractivity contribution in [2.45, 2.75) is 77.5 Å². The quantitative estimate of drug-likeness (QED) is 0.283. The standard InChI is InChI=1S/C16H32N2OS/c1-6-8-9-10-11-14(7-2)18-16(17-5)20-15(12-19)13(3)4/h12-15H,6-11H2,1-5H3,(H,17,18). The molecule has 0 aliphatic heterocycles. The van der Waals surface area contributed by atoms with Crippen LogP contribution in [-0.4, -0.2) is 29.8 Å². The van der Waals surface area contributed by atoms with Gasteiger partial charge in [0.25, 0.3) is 0 Å². The van der Waals surface area contributed by atoms with E-state index < -0.39 is 0 Å². The minimum absolute atomic E-state index is 0.0150. The number of thioether (sulfide) groups is 1. The van der Waals surface area contributed by atoms with Gasteiger partial charge in [0, 0.05) is 13.1 Å². The fraction of sp³-hybridized carbons (Fsp3) is 0.875. The first-order valence-corrected chi connectivity index (χ1v) is 8.82. The van der Waals surface area contributed by atoms with Crippen molar-refractivity contribution in [2.75, 3.05) is 7.05 Å². The van der Waals surface area contributed by atoms with E-state index in [1.54, 1.807) is 18.8 Å². The summed E-state index contributed by atoms with van der Waals surface area (Å²) in [5.41, 5.74) is 0. The topological polar surface area (TPSA) is 41.5 Å². The van der Waals surface area contributed by atoms with Crippen molar-refractivity contribution in [1.29, 1.82) is 0 Å². The number of nitrogens with one attached hydrogen (secondary N) is 1. The first-order valence-electron chi connectivity index (χ1n) is 7.94. The Labute approximate surface area is 129 Å². The lowest BCUT2D eigenvalue weighted by Crippen LogP contribution is -2.34. The molecule has 2 atom stereocenters. The molecule has 0 aromatic carbocycles. The molecule has 0 spiro atoms. The van der Waals surface area contributed by atoms with Crippen LogP contribution in [0.4, 0.5) is 0 Å². The third-order valence-electron chi connectivity index (χ3n) is 3.47. The zero-order valence-electron chi connectivity index (χ0n) is 13.8. The third-order valence-corrected chi connectivity index (χ3v) is 4.92. The van der Waals surface area contributed by atoms with Crippen LogP contribution in [0.15, 0.2) is 4.99 Å². The van der Waals surface area contributed by atoms with Crippen LogP contribution in [0, 0.1) is 5.92 Å². The predicted molar refractivity (Wildman–Crippen MR) is 91.6 cm³/mol. The molecule has 3 nitrogen and oxygen atoms in total. The molecule has 118 valence electrons. The number of hydrogen-bond donors (Lipinski definition) is 1. The molecular formula is C16H32N2OS. The van der Waals surface area contributed by atoms with Crippen molar-refractivity contribution in [1.82, 2.24) is 5.32 Å². The molecule has 0 aromatic heterocycles. The molecule has 0 aliphatic rings. The van der Waals surface area contributed by atoms with Gasteiger partial charge >= 0.3 is 0 Å². The highest BCUT2D eigenvalue weighted by atomic mass is 32.2. The van der Waals surface area contributed by atoms with E-state index in [2.05, 4.69) is 38.0 Å². The predicted octanol–water partition coefficient (Wildman–Crippen LogP) is 4.27. The molecule has 0 fully saturated rings. The Morgan fingerprint density at radius 1 is 1.25 bits per heavy atom. The average Bonchev–Trinajstić information content (AvgIpc) is 2.45. The van der Waals surface area contributed by atoms with Crippen LogP contribution < -0.4 is 5.32 Å². The normalized spacial score (nSPS) is 15.2. The van der Waals surface area contributed by atoms with Gasteiger partial charge in [-0.3, -0.25) is 4.99 Å². The highest BCUT2D eigenvalue weighted by Crippen LogP contribution is 2.19. The summed E-state index contributed by atoms with van der Waals surface area (Å²) in [6.07, 6.45) is 8.48. The number of aldehydes is 1. The Kier molecular flexibility index (Phi) is 11.9. The van der Waals surface area contributed by atoms with Gasteiger partial charge in [0.2, 0.25) is 0 Å². The molecule has 0 saturated carbocycles. The summed E-state index contributed by atoms with van der Waals surface area (Å²) in [6, 6.07) is 0.470. The van der Waals surface area contributed by atoms with Crippen LogP contribution in [0.2, 0.25) is 0 Å². The molecule has 0 aliphatic carbocycles. The van der Waals surface area contributed by atoms with Crippen molar-refractivity contribution in [3.05, 3.63) is 0 Å². The number of hydrogen-bond acceptors (Lipinski definition) is 3. The lowest BCUT2D eigenvalue weighted by Gasteiger charge is -2.21. The SMILES string of the molecule is CCCCCCC(CC)NC(=NC)SC(C=O)C(C)C. The Bertz CT molecular complexity index is 280. The maximum absolute atomic E-state index is 11.1. The molecule has 1 N–H and O–H groups in total. The minimum Gasteiger partial charge on any atom is -0.362 e. The second-order valence-electron chi connectivity index (χ2n) is 5.59. The summed E-state index contributed by atoms with van der Waals surface area (Å²) in [5.74, 6) is 0.334. The van der Waals surface area contributed by atoms with E-state index in [4.69, 9.17) is 0 Å². The van der Waals surface area contributed by atoms with Crippen LogP contribution in [0.5, 0.6) is 0 Å². The Balaban J connectivity index is 4.26. The number of aliphatic imine (C=N–C) groups is 1. The second kappa shape index (κ2) is 12.2. The van der Waals surface area contributed by atoms with E-state index in [0.717, 1.165) is 17.9 Å². The monoisotopic (exact) mass is 300 g/mol. The summed E-state index contributed by atoms with van der Waals surface area (Å²) in [7, 11) is 1.79. The van der Waals surface area contributed by atoms with Crippen LogP contribution in [0.1, 0.15) is 66.2 Å². The second-order valence-corrected chi connectivity index (χ2v) is 6.76. The van der Waals surface area contributed by atoms with Crippen molar-refractivity contribution in [2.24, 2.45) is 10.9 Å². The summed E-state index contributed by atoms with van der Waals surface area (Å²) in [5, 5.41) is 4.39. The van der Waals surface area contributed by atoms with Gasteiger partial charge in [0.1, 0.15) is 6.29 Å². The fourth-order valence-corrected chi connectivity index (χ4v) is 2.90. The van der Waals surface area contributed by atoms with Crippen LogP contribution in [-0.2, 0) is 4.79 Å². The van der Waals surface area contributed by atoms with Gasteiger partial charge in [-0.05, 0) is 18.8 Å². The van der Waals surface area contributed by atoms with Crippen molar-refractivity contribution < 1.29 is 4.79 Å². The zero-order chi connectivity index (χ0) is 15.4. The lowest BCUT2D eigenvalue weighted by molar-refractivity contribution is -0.107. The smallest absolute Gasteiger partial charge is 0.157 e. The van der Waals surface area contributed by atoms with Crippen molar-refractivity contribution in [3.8, 4) is 0 Å². The lowest BCUT2D eigenvalue weighted by atomic mass is 10.1. The van der Waals surface area contributed by atoms with Crippen molar-refractivity contribution >= 4 is 23.2 Å². The zero-order valence-corrected chi connectivity index (χ0v) is 14.6. The molecule has 0 amide bonds. The van der Waals surface area contributed by atoms with Gasteiger partial charge in [-0.25, -0.2) is 0 Å². The van der Waals surface area contributed by atoms with Gasteiger partial charge in [0.05, 0.1) is 5.25 Å². The number of unbranched alkanes of at least 4 members (excludes halogenated alkanes) is 3. The minimum atomic E-state index is -0.0150. The van der Waals surface area contributed by atoms with Crippen molar-refractivity contribution in [3.63, 3.8) is 0 Å². The maximum Gasteiger partial charge on any atom is 0.157 e. The number of nitrogens with zero attached hydrogens (tertiary/aromatic N) is 1. The summed E-state index contributed by atoms with van der Waals surface area (Å²) in [4.78, 5) is 15.4. The Hall–Kier alpha value is -0.510. The number of rotatable bonds is 10. The molecule has 0 rings (SSSR count). The molecule has 0 saturated heterocycles. The fourth-order valence-electron chi connectivity index (χ4n) is 1.97. The molecule has 0 aromatic rings. The van der Waals surface area contributed by atoms with Gasteiger partial charge in [-0.15, -0.1) is 0 Å². The third kappa shape index (κ3) is 8.62. The average molecular weight is 301 g/mol. The van der Waals surface area contributed by atoms with E-state index in [-0.39, 0.29) is 5.25 Å². The maximum atomic E-state index is 11.1. The Morgan fingerprint density at radius 3 is 2.40 bits per heavy atom. The van der Waals surface area contributed by atoms with Gasteiger partial charge in [-0.1, -0.05) is 65.1 Å². The van der Waals surface area contributed by atoms with E-state index in [0.29, 0.717) is 12.0 Å². The first kappa shape index (κ1) is 19.5. The number of amidine groups is 1. The van der Waals surface area contributed by atoms with Gasteiger partial charge in [0.15, 0.2) is 5.17 Å². The molecule has 0 heterocycles. The largest absolute Gasteiger partial charge is 0.362 e.